The van der Waals surface area contributed by atoms with Crippen LogP contribution in [-0.4, -0.2) is 30.5 Å². The molecule has 0 unspecified atom stereocenters. The summed E-state index contributed by atoms with van der Waals surface area (Å²) in [5.74, 6) is -0.512. The molecule has 2 aromatic rings. The average Bonchev–Trinajstić information content (AvgIpc) is 3.10. The summed E-state index contributed by atoms with van der Waals surface area (Å²) in [5.41, 5.74) is 11.8. The Kier molecular flexibility index (Phi) is 5.69. The van der Waals surface area contributed by atoms with Crippen molar-refractivity contribution in [3.63, 3.8) is 0 Å². The van der Waals surface area contributed by atoms with E-state index < -0.39 is 12.2 Å². The summed E-state index contributed by atoms with van der Waals surface area (Å²) in [6, 6.07) is 15.0. The van der Waals surface area contributed by atoms with Crippen molar-refractivity contribution in [1.82, 2.24) is 0 Å². The second-order valence-corrected chi connectivity index (χ2v) is 7.64. The Morgan fingerprint density at radius 1 is 1.21 bits per heavy atom. The summed E-state index contributed by atoms with van der Waals surface area (Å²) in [6.45, 7) is 2.48. The third-order valence-corrected chi connectivity index (χ3v) is 5.86. The van der Waals surface area contributed by atoms with Gasteiger partial charge >= 0.3 is 0 Å². The summed E-state index contributed by atoms with van der Waals surface area (Å²) >= 11 is 0. The lowest BCUT2D eigenvalue weighted by Gasteiger charge is -2.36. The first-order valence-corrected chi connectivity index (χ1v) is 10.2. The van der Waals surface area contributed by atoms with E-state index in [0.29, 0.717) is 13.0 Å². The lowest BCUT2D eigenvalue weighted by molar-refractivity contribution is -0.165. The Balaban J connectivity index is 1.72. The molecule has 5 heteroatoms. The smallest absolute Gasteiger partial charge is 0.283 e. The highest BCUT2D eigenvalue weighted by molar-refractivity contribution is 5.90. The van der Waals surface area contributed by atoms with Crippen LogP contribution in [0, 0.1) is 5.92 Å². The number of amides is 1. The molecule has 0 fully saturated rings. The molecule has 152 valence electrons. The molecule has 1 amide bonds. The van der Waals surface area contributed by atoms with E-state index in [9.17, 15) is 9.90 Å². The highest BCUT2D eigenvalue weighted by Crippen LogP contribution is 2.43. The van der Waals surface area contributed by atoms with Gasteiger partial charge < -0.3 is 20.3 Å². The van der Waals surface area contributed by atoms with Gasteiger partial charge in [-0.05, 0) is 60.1 Å². The number of hydrogen-bond acceptors (Lipinski definition) is 4. The minimum Gasteiger partial charge on any atom is -0.459 e. The summed E-state index contributed by atoms with van der Waals surface area (Å²) in [7, 11) is 0. The molecule has 0 aromatic heterocycles. The summed E-state index contributed by atoms with van der Waals surface area (Å²) in [4.78, 5) is 11.9. The van der Waals surface area contributed by atoms with Gasteiger partial charge in [-0.25, -0.2) is 0 Å². The molecule has 0 bridgehead atoms. The number of carbonyl (C=O) groups is 1. The molecule has 0 saturated heterocycles. The van der Waals surface area contributed by atoms with Gasteiger partial charge in [-0.3, -0.25) is 4.79 Å². The number of ether oxygens (including phenoxy) is 2. The number of rotatable bonds is 7. The number of aliphatic hydroxyl groups excluding tert-OH is 1. The third-order valence-electron chi connectivity index (χ3n) is 5.86. The van der Waals surface area contributed by atoms with E-state index in [1.165, 1.54) is 22.3 Å². The molecule has 0 spiro atoms. The van der Waals surface area contributed by atoms with Crippen molar-refractivity contribution in [3.05, 3.63) is 71.0 Å². The van der Waals surface area contributed by atoms with E-state index in [1.807, 2.05) is 13.0 Å². The summed E-state index contributed by atoms with van der Waals surface area (Å²) in [5, 5.41) is 9.37. The van der Waals surface area contributed by atoms with Crippen molar-refractivity contribution >= 4 is 5.91 Å². The molecular formula is C24H27NO4. The molecule has 3 N–H and O–H groups in total. The van der Waals surface area contributed by atoms with Gasteiger partial charge in [-0.2, -0.15) is 0 Å². The van der Waals surface area contributed by atoms with Crippen LogP contribution in [0.25, 0.3) is 11.1 Å². The van der Waals surface area contributed by atoms with Crippen LogP contribution >= 0.6 is 0 Å². The normalized spacial score (nSPS) is 22.4. The number of allylic oxidation sites excluding steroid dienone is 1. The van der Waals surface area contributed by atoms with Crippen LogP contribution < -0.4 is 5.73 Å². The highest BCUT2D eigenvalue weighted by atomic mass is 16.7. The fourth-order valence-corrected chi connectivity index (χ4v) is 4.53. The largest absolute Gasteiger partial charge is 0.459 e. The maximum atomic E-state index is 11.9. The van der Waals surface area contributed by atoms with Crippen LogP contribution in [0.15, 0.2) is 54.3 Å². The van der Waals surface area contributed by atoms with Crippen molar-refractivity contribution in [1.29, 1.82) is 0 Å². The van der Waals surface area contributed by atoms with Crippen molar-refractivity contribution < 1.29 is 19.4 Å². The molecule has 1 aliphatic heterocycles. The van der Waals surface area contributed by atoms with Crippen molar-refractivity contribution in [2.75, 3.05) is 13.2 Å². The molecule has 1 aliphatic carbocycles. The average molecular weight is 393 g/mol. The zero-order valence-electron chi connectivity index (χ0n) is 16.6. The molecule has 0 radical (unpaired) electrons. The Bertz CT molecular complexity index is 936. The zero-order valence-corrected chi connectivity index (χ0v) is 16.6. The quantitative estimate of drug-likeness (QED) is 0.644. The van der Waals surface area contributed by atoms with Gasteiger partial charge in [0.1, 0.15) is 0 Å². The molecule has 2 aromatic carbocycles. The monoisotopic (exact) mass is 393 g/mol. The van der Waals surface area contributed by atoms with Gasteiger partial charge in [0, 0.05) is 25.0 Å². The Morgan fingerprint density at radius 2 is 2.00 bits per heavy atom. The minimum absolute atomic E-state index is 0.00738. The second-order valence-electron chi connectivity index (χ2n) is 7.64. The summed E-state index contributed by atoms with van der Waals surface area (Å²) in [6.07, 6.45) is 3.54. The maximum absolute atomic E-state index is 11.9. The van der Waals surface area contributed by atoms with Crippen LogP contribution in [0.3, 0.4) is 0 Å². The van der Waals surface area contributed by atoms with Crippen LogP contribution in [0.5, 0.6) is 0 Å². The molecule has 2 aliphatic rings. The predicted octanol–water partition coefficient (Wildman–Crippen LogP) is 3.49. The van der Waals surface area contributed by atoms with Crippen molar-refractivity contribution in [3.8, 4) is 11.1 Å². The molecule has 3 atom stereocenters. The molecular weight excluding hydrogens is 366 g/mol. The molecule has 4 rings (SSSR count). The van der Waals surface area contributed by atoms with Crippen LogP contribution in [0.2, 0.25) is 0 Å². The number of carbonyl (C=O) groups excluding carboxylic acids is 1. The van der Waals surface area contributed by atoms with E-state index >= 15 is 0 Å². The topological polar surface area (TPSA) is 81.8 Å². The fourth-order valence-electron chi connectivity index (χ4n) is 4.53. The third kappa shape index (κ3) is 3.80. The number of primary amides is 1. The van der Waals surface area contributed by atoms with Crippen molar-refractivity contribution in [2.45, 2.75) is 38.4 Å². The van der Waals surface area contributed by atoms with E-state index in [2.05, 4.69) is 42.5 Å². The van der Waals surface area contributed by atoms with Gasteiger partial charge in [0.05, 0.1) is 0 Å². The SMILES string of the molecule is CCO[C@H]1OC(C(N)=O)=C[C@@H](c2ccc3c(c2)Cc2ccccc2-3)[C@@H]1CCCO. The number of benzene rings is 2. The first kappa shape index (κ1) is 19.7. The first-order chi connectivity index (χ1) is 14.1. The van der Waals surface area contributed by atoms with Crippen LogP contribution in [0.1, 0.15) is 42.4 Å². The first-order valence-electron chi connectivity index (χ1n) is 10.2. The Labute approximate surface area is 171 Å². The standard InChI is InChI=1S/C24H27NO4/c1-2-28-24-20(8-5-11-26)21(14-22(29-24)23(25)27)16-9-10-19-17(13-16)12-15-6-3-4-7-18(15)19/h3-4,6-7,9-10,13-14,20-21,24,26H,2,5,8,11-12H2,1H3,(H2,25,27)/t20-,21-,24-/m0/s1. The van der Waals surface area contributed by atoms with Gasteiger partial charge in [-0.15, -0.1) is 0 Å². The van der Waals surface area contributed by atoms with Gasteiger partial charge in [0.2, 0.25) is 6.29 Å². The second kappa shape index (κ2) is 8.39. The predicted molar refractivity (Wildman–Crippen MR) is 111 cm³/mol. The lowest BCUT2D eigenvalue weighted by Crippen LogP contribution is -2.37. The number of fused-ring (bicyclic) bond motifs is 3. The molecule has 5 nitrogen and oxygen atoms in total. The fraction of sp³-hybridized carbons (Fsp3) is 0.375. The molecule has 1 heterocycles. The number of aliphatic hydroxyl groups is 1. The zero-order chi connectivity index (χ0) is 20.4. The van der Waals surface area contributed by atoms with Gasteiger partial charge in [0.15, 0.2) is 5.76 Å². The van der Waals surface area contributed by atoms with Crippen LogP contribution in [-0.2, 0) is 20.7 Å². The van der Waals surface area contributed by atoms with Crippen molar-refractivity contribution in [2.24, 2.45) is 11.7 Å². The highest BCUT2D eigenvalue weighted by Gasteiger charge is 2.37. The van der Waals surface area contributed by atoms with E-state index in [1.54, 1.807) is 0 Å². The molecule has 29 heavy (non-hydrogen) atoms. The Morgan fingerprint density at radius 3 is 2.76 bits per heavy atom. The lowest BCUT2D eigenvalue weighted by atomic mass is 9.80. The maximum Gasteiger partial charge on any atom is 0.283 e. The number of hydrogen-bond donors (Lipinski definition) is 2. The summed E-state index contributed by atoms with van der Waals surface area (Å²) < 4.78 is 11.6. The number of nitrogens with two attached hydrogens (primary N) is 1. The Hall–Kier alpha value is -2.63. The van der Waals surface area contributed by atoms with Gasteiger partial charge in [-0.1, -0.05) is 42.5 Å². The van der Waals surface area contributed by atoms with Gasteiger partial charge in [0.25, 0.3) is 5.91 Å². The van der Waals surface area contributed by atoms with E-state index in [-0.39, 0.29) is 24.2 Å². The van der Waals surface area contributed by atoms with Crippen LogP contribution in [0.4, 0.5) is 0 Å². The van der Waals surface area contributed by atoms with E-state index in [4.69, 9.17) is 15.2 Å². The minimum atomic E-state index is -0.589. The molecule has 0 saturated carbocycles. The van der Waals surface area contributed by atoms with E-state index in [0.717, 1.165) is 18.4 Å².